The van der Waals surface area contributed by atoms with E-state index in [-0.39, 0.29) is 23.5 Å². The Morgan fingerprint density at radius 2 is 1.81 bits per heavy atom. The second-order valence-electron chi connectivity index (χ2n) is 9.48. The molecule has 0 aliphatic carbocycles. The van der Waals surface area contributed by atoms with Crippen molar-refractivity contribution >= 4 is 17.6 Å². The second-order valence-corrected chi connectivity index (χ2v) is 9.48. The monoisotopic (exact) mass is 416 g/mol. The molecule has 1 amide bonds. The van der Waals surface area contributed by atoms with Crippen molar-refractivity contribution in [1.29, 1.82) is 0 Å². The molecule has 0 bridgehead atoms. The number of carbonyl (C=O) groups excluding carboxylic acids is 2. The number of allylic oxidation sites excluding steroid dienone is 1. The lowest BCUT2D eigenvalue weighted by atomic mass is 9.60. The number of esters is 1. The Balaban J connectivity index is 1.61. The summed E-state index contributed by atoms with van der Waals surface area (Å²) in [5.74, 6) is -0.417. The van der Waals surface area contributed by atoms with Crippen molar-refractivity contribution in [3.05, 3.63) is 78.4 Å². The Hall–Kier alpha value is -3.08. The molecule has 2 aromatic carbocycles. The van der Waals surface area contributed by atoms with Gasteiger partial charge in [-0.15, -0.1) is 6.58 Å². The third kappa shape index (κ3) is 2.55. The number of hydrogen-bond donors (Lipinski definition) is 0. The van der Waals surface area contributed by atoms with Gasteiger partial charge in [-0.05, 0) is 29.0 Å². The molecule has 2 aromatic rings. The fourth-order valence-electron chi connectivity index (χ4n) is 5.96. The van der Waals surface area contributed by atoms with E-state index in [0.29, 0.717) is 12.8 Å². The molecule has 0 radical (unpaired) electrons. The molecule has 5 rings (SSSR count). The Kier molecular flexibility index (Phi) is 4.30. The number of hydrogen-bond acceptors (Lipinski definition) is 4. The molecule has 3 aliphatic rings. The quantitative estimate of drug-likeness (QED) is 0.564. The summed E-state index contributed by atoms with van der Waals surface area (Å²) in [6.07, 6.45) is 1.81. The summed E-state index contributed by atoms with van der Waals surface area (Å²) < 4.78 is 5.72. The number of morpholine rings is 1. The molecule has 160 valence electrons. The third-order valence-corrected chi connectivity index (χ3v) is 7.67. The number of cyclic esters (lactones) is 1. The molecular formula is C26H28N2O3. The van der Waals surface area contributed by atoms with Crippen LogP contribution in [0.15, 0.2) is 67.3 Å². The largest absolute Gasteiger partial charge is 0.450 e. The fraction of sp³-hybridized carbons (Fsp3) is 0.385. The van der Waals surface area contributed by atoms with E-state index in [4.69, 9.17) is 4.74 Å². The zero-order valence-electron chi connectivity index (χ0n) is 18.2. The number of anilines is 1. The van der Waals surface area contributed by atoms with E-state index in [2.05, 4.69) is 37.5 Å². The molecule has 0 saturated carbocycles. The summed E-state index contributed by atoms with van der Waals surface area (Å²) in [5, 5.41) is 0. The van der Waals surface area contributed by atoms with E-state index in [9.17, 15) is 9.59 Å². The van der Waals surface area contributed by atoms with Gasteiger partial charge in [-0.1, -0.05) is 68.5 Å². The first-order valence-corrected chi connectivity index (χ1v) is 10.8. The highest BCUT2D eigenvalue weighted by atomic mass is 16.6. The number of fused-ring (bicyclic) bond motifs is 5. The SMILES string of the molecule is C=CC(C)(C)[C@]12C[C@@H]3C(=O)O[C@H](Cc4ccccc4)C(=O)N3[C@H]1N(C)c1ccccc12. The van der Waals surface area contributed by atoms with Crippen molar-refractivity contribution in [3.63, 3.8) is 0 Å². The van der Waals surface area contributed by atoms with Crippen LogP contribution < -0.4 is 4.90 Å². The van der Waals surface area contributed by atoms with Gasteiger partial charge in [0.1, 0.15) is 12.2 Å². The smallest absolute Gasteiger partial charge is 0.329 e. The van der Waals surface area contributed by atoms with E-state index in [1.54, 1.807) is 0 Å². The normalized spacial score (nSPS) is 29.3. The minimum absolute atomic E-state index is 0.111. The highest BCUT2D eigenvalue weighted by molar-refractivity contribution is 5.95. The average Bonchev–Trinajstić information content (AvgIpc) is 3.27. The van der Waals surface area contributed by atoms with Gasteiger partial charge in [0, 0.05) is 24.6 Å². The Morgan fingerprint density at radius 1 is 1.13 bits per heavy atom. The zero-order chi connectivity index (χ0) is 22.0. The maximum Gasteiger partial charge on any atom is 0.329 e. The molecule has 2 fully saturated rings. The topological polar surface area (TPSA) is 49.9 Å². The van der Waals surface area contributed by atoms with Crippen molar-refractivity contribution in [3.8, 4) is 0 Å². The summed E-state index contributed by atoms with van der Waals surface area (Å²) in [6.45, 7) is 8.42. The molecule has 3 aliphatic heterocycles. The van der Waals surface area contributed by atoms with Crippen LogP contribution in [0.4, 0.5) is 5.69 Å². The van der Waals surface area contributed by atoms with Crippen LogP contribution in [-0.4, -0.2) is 42.1 Å². The Morgan fingerprint density at radius 3 is 2.52 bits per heavy atom. The molecule has 0 spiro atoms. The van der Waals surface area contributed by atoms with Crippen LogP contribution in [0.5, 0.6) is 0 Å². The number of benzene rings is 2. The number of ether oxygens (including phenoxy) is 1. The molecule has 4 atom stereocenters. The molecule has 5 heteroatoms. The molecule has 31 heavy (non-hydrogen) atoms. The van der Waals surface area contributed by atoms with Crippen LogP contribution in [0, 0.1) is 5.41 Å². The first-order chi connectivity index (χ1) is 14.8. The molecule has 0 unspecified atom stereocenters. The van der Waals surface area contributed by atoms with Gasteiger partial charge in [0.2, 0.25) is 0 Å². The van der Waals surface area contributed by atoms with Crippen LogP contribution in [-0.2, 0) is 26.2 Å². The molecule has 0 N–H and O–H groups in total. The fourth-order valence-corrected chi connectivity index (χ4v) is 5.96. The van der Waals surface area contributed by atoms with Crippen molar-refractivity contribution in [1.82, 2.24) is 4.90 Å². The zero-order valence-corrected chi connectivity index (χ0v) is 18.2. The standard InChI is InChI=1S/C26H28N2O3/c1-5-25(2,3)26-16-20-23(30)31-21(15-17-11-7-6-8-12-17)22(29)28(20)24(26)27(4)19-14-10-9-13-18(19)26/h5-14,20-21,24H,1,15-16H2,2-4H3/t20-,21-,24-,26+/m1/s1. The number of likely N-dealkylation sites (N-methyl/N-ethyl adjacent to an activating group) is 1. The predicted molar refractivity (Wildman–Crippen MR) is 120 cm³/mol. The highest BCUT2D eigenvalue weighted by Crippen LogP contribution is 2.62. The highest BCUT2D eigenvalue weighted by Gasteiger charge is 2.69. The summed E-state index contributed by atoms with van der Waals surface area (Å²) in [5.41, 5.74) is 2.47. The van der Waals surface area contributed by atoms with E-state index in [0.717, 1.165) is 11.3 Å². The Labute approximate surface area is 183 Å². The van der Waals surface area contributed by atoms with Crippen LogP contribution in [0.1, 0.15) is 31.4 Å². The van der Waals surface area contributed by atoms with Crippen molar-refractivity contribution in [2.45, 2.75) is 50.4 Å². The van der Waals surface area contributed by atoms with Crippen LogP contribution in [0.25, 0.3) is 0 Å². The van der Waals surface area contributed by atoms with Gasteiger partial charge < -0.3 is 14.5 Å². The van der Waals surface area contributed by atoms with Gasteiger partial charge in [0.05, 0.1) is 0 Å². The molecule has 3 heterocycles. The van der Waals surface area contributed by atoms with E-state index in [1.165, 1.54) is 5.56 Å². The maximum atomic E-state index is 13.7. The summed E-state index contributed by atoms with van der Waals surface area (Å²) >= 11 is 0. The van der Waals surface area contributed by atoms with Gasteiger partial charge in [0.25, 0.3) is 5.91 Å². The lowest BCUT2D eigenvalue weighted by molar-refractivity contribution is -0.177. The van der Waals surface area contributed by atoms with Gasteiger partial charge in [-0.25, -0.2) is 4.79 Å². The number of carbonyl (C=O) groups is 2. The second kappa shape index (κ2) is 6.71. The lowest BCUT2D eigenvalue weighted by Gasteiger charge is -2.45. The first kappa shape index (κ1) is 19.9. The van der Waals surface area contributed by atoms with Crippen molar-refractivity contribution in [2.24, 2.45) is 5.41 Å². The molecule has 5 nitrogen and oxygen atoms in total. The minimum Gasteiger partial charge on any atom is -0.450 e. The van der Waals surface area contributed by atoms with Crippen LogP contribution >= 0.6 is 0 Å². The van der Waals surface area contributed by atoms with Gasteiger partial charge in [-0.2, -0.15) is 0 Å². The summed E-state index contributed by atoms with van der Waals surface area (Å²) in [6, 6.07) is 17.4. The van der Waals surface area contributed by atoms with Gasteiger partial charge in [-0.3, -0.25) is 4.79 Å². The average molecular weight is 417 g/mol. The van der Waals surface area contributed by atoms with E-state index >= 15 is 0 Å². The number of amides is 1. The molecule has 0 aromatic heterocycles. The van der Waals surface area contributed by atoms with Crippen LogP contribution in [0.2, 0.25) is 0 Å². The molecular weight excluding hydrogens is 388 g/mol. The van der Waals surface area contributed by atoms with Crippen molar-refractivity contribution < 1.29 is 14.3 Å². The number of nitrogens with zero attached hydrogens (tertiary/aromatic N) is 2. The minimum atomic E-state index is -0.800. The Bertz CT molecular complexity index is 1060. The van der Waals surface area contributed by atoms with E-state index < -0.39 is 17.6 Å². The number of para-hydroxylation sites is 1. The third-order valence-electron chi connectivity index (χ3n) is 7.67. The maximum absolute atomic E-state index is 13.7. The lowest BCUT2D eigenvalue weighted by Crippen LogP contribution is -2.61. The van der Waals surface area contributed by atoms with E-state index in [1.807, 2.05) is 60.5 Å². The molecule has 2 saturated heterocycles. The van der Waals surface area contributed by atoms with Gasteiger partial charge in [0.15, 0.2) is 6.10 Å². The van der Waals surface area contributed by atoms with Crippen molar-refractivity contribution in [2.75, 3.05) is 11.9 Å². The summed E-state index contributed by atoms with van der Waals surface area (Å²) in [4.78, 5) is 30.9. The van der Waals surface area contributed by atoms with Gasteiger partial charge >= 0.3 is 5.97 Å². The van der Waals surface area contributed by atoms with Crippen LogP contribution in [0.3, 0.4) is 0 Å². The number of rotatable bonds is 4. The first-order valence-electron chi connectivity index (χ1n) is 10.8. The summed E-state index contributed by atoms with van der Waals surface area (Å²) in [7, 11) is 2.02. The predicted octanol–water partition coefficient (Wildman–Crippen LogP) is 3.68.